The molecule has 25 heavy (non-hydrogen) atoms. The summed E-state index contributed by atoms with van der Waals surface area (Å²) < 4.78 is 2.29. The Morgan fingerprint density at radius 3 is 2.76 bits per heavy atom. The Hall–Kier alpha value is -1.32. The minimum absolute atomic E-state index is 0.581. The number of hydrogen-bond donors (Lipinski definition) is 0. The van der Waals surface area contributed by atoms with E-state index in [-0.39, 0.29) is 0 Å². The molecule has 0 radical (unpaired) electrons. The topological polar surface area (TPSA) is 11.4 Å². The van der Waals surface area contributed by atoms with E-state index in [1.807, 2.05) is 0 Å². The molecule has 134 valence electrons. The molecule has 0 N–H and O–H groups in total. The van der Waals surface area contributed by atoms with Gasteiger partial charge in [0.15, 0.2) is 0 Å². The Bertz CT molecular complexity index is 760. The van der Waals surface area contributed by atoms with Crippen LogP contribution in [-0.4, -0.2) is 47.1 Å². The number of benzene rings is 1. The van der Waals surface area contributed by atoms with Crippen LogP contribution >= 0.6 is 0 Å². The molecule has 3 heteroatoms. The molecule has 1 saturated carbocycles. The van der Waals surface area contributed by atoms with Crippen molar-refractivity contribution >= 4 is 10.9 Å². The Balaban J connectivity index is 1.28. The van der Waals surface area contributed by atoms with Crippen LogP contribution in [0.5, 0.6) is 0 Å². The van der Waals surface area contributed by atoms with E-state index < -0.39 is 0 Å². The van der Waals surface area contributed by atoms with Crippen LogP contribution in [0.4, 0.5) is 0 Å². The van der Waals surface area contributed by atoms with Crippen LogP contribution in [0, 0.1) is 11.3 Å². The van der Waals surface area contributed by atoms with Crippen molar-refractivity contribution in [3.8, 4) is 0 Å². The zero-order valence-electron chi connectivity index (χ0n) is 15.6. The SMILES string of the molecule is Cn1cc(CN2CCC3(CCCN(CC4CC4)C3)C2)c2ccccc21. The van der Waals surface area contributed by atoms with E-state index in [9.17, 15) is 0 Å². The lowest BCUT2D eigenvalue weighted by atomic mass is 9.79. The lowest BCUT2D eigenvalue weighted by Crippen LogP contribution is -2.45. The Morgan fingerprint density at radius 2 is 1.88 bits per heavy atom. The van der Waals surface area contributed by atoms with Crippen LogP contribution in [-0.2, 0) is 13.6 Å². The first-order chi connectivity index (χ1) is 12.2. The number of aromatic nitrogens is 1. The zero-order chi connectivity index (χ0) is 16.9. The third-order valence-electron chi connectivity index (χ3n) is 6.84. The van der Waals surface area contributed by atoms with Gasteiger partial charge in [0.05, 0.1) is 0 Å². The van der Waals surface area contributed by atoms with E-state index in [2.05, 4.69) is 51.9 Å². The number of fused-ring (bicyclic) bond motifs is 1. The van der Waals surface area contributed by atoms with Crippen LogP contribution in [0.25, 0.3) is 10.9 Å². The Labute approximate surface area is 151 Å². The van der Waals surface area contributed by atoms with Crippen molar-refractivity contribution in [2.75, 3.05) is 32.7 Å². The molecule has 5 rings (SSSR count). The number of para-hydroxylation sites is 1. The molecule has 3 heterocycles. The second kappa shape index (κ2) is 6.14. The standard InChI is InChI=1S/C22H31N3/c1-23-14-19(20-5-2-3-6-21(20)23)15-25-12-10-22(17-25)9-4-11-24(16-22)13-18-7-8-18/h2-3,5-6,14,18H,4,7-13,15-17H2,1H3. The van der Waals surface area contributed by atoms with Gasteiger partial charge in [-0.05, 0) is 68.2 Å². The van der Waals surface area contributed by atoms with Gasteiger partial charge in [0.25, 0.3) is 0 Å². The maximum absolute atomic E-state index is 2.79. The third-order valence-corrected chi connectivity index (χ3v) is 6.84. The quantitative estimate of drug-likeness (QED) is 0.839. The first kappa shape index (κ1) is 15.9. The van der Waals surface area contributed by atoms with Crippen LogP contribution in [0.1, 0.15) is 37.7 Å². The normalized spacial score (nSPS) is 28.4. The Kier molecular flexibility index (Phi) is 3.90. The van der Waals surface area contributed by atoms with E-state index in [1.54, 1.807) is 0 Å². The van der Waals surface area contributed by atoms with Crippen molar-refractivity contribution in [3.05, 3.63) is 36.0 Å². The van der Waals surface area contributed by atoms with E-state index in [4.69, 9.17) is 0 Å². The summed E-state index contributed by atoms with van der Waals surface area (Å²) in [7, 11) is 2.17. The molecule has 1 aromatic heterocycles. The molecule has 3 aliphatic rings. The summed E-state index contributed by atoms with van der Waals surface area (Å²) in [6.45, 7) is 7.78. The fourth-order valence-electron chi connectivity index (χ4n) is 5.42. The molecule has 2 aromatic rings. The van der Waals surface area contributed by atoms with Gasteiger partial charge in [-0.2, -0.15) is 0 Å². The maximum atomic E-state index is 2.79. The molecule has 1 unspecified atom stereocenters. The summed E-state index contributed by atoms with van der Waals surface area (Å²) in [6.07, 6.45) is 9.57. The van der Waals surface area contributed by atoms with Gasteiger partial charge >= 0.3 is 0 Å². The van der Waals surface area contributed by atoms with Crippen LogP contribution in [0.3, 0.4) is 0 Å². The average molecular weight is 338 g/mol. The minimum atomic E-state index is 0.581. The highest BCUT2D eigenvalue weighted by molar-refractivity contribution is 5.83. The number of aryl methyl sites for hydroxylation is 1. The van der Waals surface area contributed by atoms with Gasteiger partial charge in [0, 0.05) is 50.3 Å². The van der Waals surface area contributed by atoms with E-state index in [0.29, 0.717) is 5.41 Å². The van der Waals surface area contributed by atoms with Crippen LogP contribution < -0.4 is 0 Å². The fraction of sp³-hybridized carbons (Fsp3) is 0.636. The second-order valence-electron chi connectivity index (χ2n) is 9.03. The predicted octanol–water partition coefficient (Wildman–Crippen LogP) is 3.88. The molecule has 1 aromatic carbocycles. The molecule has 1 aliphatic carbocycles. The predicted molar refractivity (Wildman–Crippen MR) is 104 cm³/mol. The molecule has 3 fully saturated rings. The van der Waals surface area contributed by atoms with E-state index in [0.717, 1.165) is 12.5 Å². The number of piperidine rings is 1. The summed E-state index contributed by atoms with van der Waals surface area (Å²) in [6, 6.07) is 8.84. The number of rotatable bonds is 4. The maximum Gasteiger partial charge on any atom is 0.0481 e. The third kappa shape index (κ3) is 3.13. The highest BCUT2D eigenvalue weighted by Gasteiger charge is 2.42. The van der Waals surface area contributed by atoms with Gasteiger partial charge in [-0.1, -0.05) is 18.2 Å². The summed E-state index contributed by atoms with van der Waals surface area (Å²) >= 11 is 0. The van der Waals surface area contributed by atoms with Crippen molar-refractivity contribution in [2.24, 2.45) is 18.4 Å². The van der Waals surface area contributed by atoms with Gasteiger partial charge in [-0.25, -0.2) is 0 Å². The number of nitrogens with zero attached hydrogens (tertiary/aromatic N) is 3. The molecule has 0 amide bonds. The largest absolute Gasteiger partial charge is 0.350 e. The highest BCUT2D eigenvalue weighted by atomic mass is 15.2. The molecule has 0 bridgehead atoms. The van der Waals surface area contributed by atoms with Crippen molar-refractivity contribution in [1.29, 1.82) is 0 Å². The monoisotopic (exact) mass is 337 g/mol. The van der Waals surface area contributed by atoms with Gasteiger partial charge in [0.2, 0.25) is 0 Å². The van der Waals surface area contributed by atoms with Gasteiger partial charge < -0.3 is 9.47 Å². The van der Waals surface area contributed by atoms with E-state index in [1.165, 1.54) is 81.3 Å². The van der Waals surface area contributed by atoms with Gasteiger partial charge in [-0.3, -0.25) is 4.90 Å². The van der Waals surface area contributed by atoms with Crippen molar-refractivity contribution in [2.45, 2.75) is 38.6 Å². The van der Waals surface area contributed by atoms with Crippen molar-refractivity contribution in [1.82, 2.24) is 14.4 Å². The first-order valence-electron chi connectivity index (χ1n) is 10.2. The zero-order valence-corrected chi connectivity index (χ0v) is 15.6. The number of likely N-dealkylation sites (tertiary alicyclic amines) is 2. The fourth-order valence-corrected chi connectivity index (χ4v) is 5.42. The second-order valence-corrected chi connectivity index (χ2v) is 9.03. The summed E-state index contributed by atoms with van der Waals surface area (Å²) in [5, 5.41) is 1.44. The molecule has 2 saturated heterocycles. The first-order valence-corrected chi connectivity index (χ1v) is 10.2. The molecule has 1 spiro atoms. The van der Waals surface area contributed by atoms with E-state index >= 15 is 0 Å². The molecule has 2 aliphatic heterocycles. The molecule has 1 atom stereocenters. The molecular formula is C22H31N3. The van der Waals surface area contributed by atoms with Crippen LogP contribution in [0.15, 0.2) is 30.5 Å². The summed E-state index contributed by atoms with van der Waals surface area (Å²) in [5.41, 5.74) is 3.44. The van der Waals surface area contributed by atoms with Crippen LogP contribution in [0.2, 0.25) is 0 Å². The van der Waals surface area contributed by atoms with Crippen molar-refractivity contribution in [3.63, 3.8) is 0 Å². The lowest BCUT2D eigenvalue weighted by Gasteiger charge is -2.40. The highest BCUT2D eigenvalue weighted by Crippen LogP contribution is 2.41. The van der Waals surface area contributed by atoms with Crippen molar-refractivity contribution < 1.29 is 0 Å². The molecular weight excluding hydrogens is 306 g/mol. The smallest absolute Gasteiger partial charge is 0.0481 e. The van der Waals surface area contributed by atoms with Gasteiger partial charge in [-0.15, -0.1) is 0 Å². The Morgan fingerprint density at radius 1 is 1.04 bits per heavy atom. The average Bonchev–Trinajstić information content (AvgIpc) is 3.27. The van der Waals surface area contributed by atoms with Gasteiger partial charge in [0.1, 0.15) is 0 Å². The summed E-state index contributed by atoms with van der Waals surface area (Å²) in [5.74, 6) is 1.03. The lowest BCUT2D eigenvalue weighted by molar-refractivity contribution is 0.0885. The summed E-state index contributed by atoms with van der Waals surface area (Å²) in [4.78, 5) is 5.52. The number of hydrogen-bond acceptors (Lipinski definition) is 2. The minimum Gasteiger partial charge on any atom is -0.350 e. The molecule has 3 nitrogen and oxygen atoms in total.